The second-order valence-corrected chi connectivity index (χ2v) is 10.9. The second-order valence-electron chi connectivity index (χ2n) is 10.9. The molecule has 208 valence electrons. The molecule has 0 aromatic heterocycles. The van der Waals surface area contributed by atoms with Crippen molar-refractivity contribution >= 4 is 23.1 Å². The second kappa shape index (κ2) is 13.1. The number of aliphatic imine (C=N–C) groups is 1. The minimum atomic E-state index is -0.481. The molecule has 1 amide bonds. The Morgan fingerprint density at radius 2 is 1.73 bits per heavy atom. The largest absolute Gasteiger partial charge is 0.352 e. The number of Topliss-reactive ketones (excluding diaryl/α,β-unsaturated/α-hetero) is 1. The third kappa shape index (κ3) is 6.73. The number of halogens is 1. The number of nitrogens with one attached hydrogen (secondary N) is 1. The average Bonchev–Trinajstić information content (AvgIpc) is 3.46. The van der Waals surface area contributed by atoms with Crippen LogP contribution in [0.1, 0.15) is 65.6 Å². The molecule has 3 aromatic rings. The third-order valence-corrected chi connectivity index (χ3v) is 8.14. The Kier molecular flexibility index (Phi) is 9.17. The Hall–Kier alpha value is -3.64. The van der Waals surface area contributed by atoms with Crippen LogP contribution < -0.4 is 5.32 Å². The Bertz CT molecular complexity index is 1350. The summed E-state index contributed by atoms with van der Waals surface area (Å²) in [4.78, 5) is 34.8. The van der Waals surface area contributed by atoms with Crippen molar-refractivity contribution in [2.45, 2.75) is 51.4 Å². The minimum Gasteiger partial charge on any atom is -0.352 e. The van der Waals surface area contributed by atoms with E-state index in [1.165, 1.54) is 25.0 Å². The molecule has 2 aliphatic rings. The van der Waals surface area contributed by atoms with Gasteiger partial charge in [-0.15, -0.1) is 0 Å². The standard InChI is InChI=1S/C34H38FN3O2/c1-2-28-32(22-24-9-4-3-5-10-24)37-31-16-13-26(34(40)36-17-8-20-38-18-6-7-19-38)23-29(31)30(33(28)39)21-25-11-14-27(35)15-12-25/h3-5,9-16,23,28,30H,2,6-8,17-22H2,1H3,(H,36,40). The van der Waals surface area contributed by atoms with Crippen molar-refractivity contribution in [3.8, 4) is 0 Å². The van der Waals surface area contributed by atoms with Gasteiger partial charge in [0, 0.05) is 30.2 Å². The summed E-state index contributed by atoms with van der Waals surface area (Å²) in [5.74, 6) is -1.16. The number of hydrogen-bond acceptors (Lipinski definition) is 4. The highest BCUT2D eigenvalue weighted by atomic mass is 19.1. The zero-order chi connectivity index (χ0) is 27.9. The maximum atomic E-state index is 14.2. The number of rotatable bonds is 10. The first kappa shape index (κ1) is 27.9. The highest BCUT2D eigenvalue weighted by molar-refractivity contribution is 6.11. The minimum absolute atomic E-state index is 0.100. The van der Waals surface area contributed by atoms with E-state index in [0.717, 1.165) is 54.1 Å². The zero-order valence-electron chi connectivity index (χ0n) is 23.2. The number of amides is 1. The lowest BCUT2D eigenvalue weighted by atomic mass is 9.80. The van der Waals surface area contributed by atoms with E-state index >= 15 is 0 Å². The van der Waals surface area contributed by atoms with E-state index in [-0.39, 0.29) is 23.4 Å². The van der Waals surface area contributed by atoms with Crippen molar-refractivity contribution in [3.05, 3.63) is 101 Å². The normalized spacial score (nSPS) is 19.1. The number of carbonyl (C=O) groups excluding carboxylic acids is 2. The van der Waals surface area contributed by atoms with Crippen LogP contribution >= 0.6 is 0 Å². The maximum Gasteiger partial charge on any atom is 0.251 e. The topological polar surface area (TPSA) is 61.8 Å². The summed E-state index contributed by atoms with van der Waals surface area (Å²) in [5, 5.41) is 3.06. The van der Waals surface area contributed by atoms with Crippen molar-refractivity contribution in [3.63, 3.8) is 0 Å². The van der Waals surface area contributed by atoms with Crippen LogP contribution in [0.15, 0.2) is 77.8 Å². The summed E-state index contributed by atoms with van der Waals surface area (Å²) in [6.45, 7) is 5.92. The van der Waals surface area contributed by atoms with Crippen LogP contribution in [0.25, 0.3) is 0 Å². The molecule has 2 aliphatic heterocycles. The van der Waals surface area contributed by atoms with E-state index in [1.807, 2.05) is 43.3 Å². The number of hydrogen-bond donors (Lipinski definition) is 1. The zero-order valence-corrected chi connectivity index (χ0v) is 23.2. The van der Waals surface area contributed by atoms with Crippen LogP contribution in [-0.2, 0) is 17.6 Å². The number of ketones is 1. The van der Waals surface area contributed by atoms with Crippen molar-refractivity contribution in [1.82, 2.24) is 10.2 Å². The lowest BCUT2D eigenvalue weighted by molar-refractivity contribution is -0.122. The number of nitrogens with zero attached hydrogens (tertiary/aromatic N) is 2. The molecule has 0 aliphatic carbocycles. The Labute approximate surface area is 236 Å². The van der Waals surface area contributed by atoms with Crippen LogP contribution in [0.3, 0.4) is 0 Å². The van der Waals surface area contributed by atoms with E-state index in [2.05, 4.69) is 22.3 Å². The number of fused-ring (bicyclic) bond motifs is 1. The van der Waals surface area contributed by atoms with Gasteiger partial charge in [0.2, 0.25) is 0 Å². The molecule has 40 heavy (non-hydrogen) atoms. The van der Waals surface area contributed by atoms with Crippen molar-refractivity contribution in [1.29, 1.82) is 0 Å². The monoisotopic (exact) mass is 539 g/mol. The molecule has 6 heteroatoms. The Morgan fingerprint density at radius 1 is 0.975 bits per heavy atom. The van der Waals surface area contributed by atoms with Crippen LogP contribution in [0.5, 0.6) is 0 Å². The van der Waals surface area contributed by atoms with Crippen LogP contribution in [0.4, 0.5) is 10.1 Å². The van der Waals surface area contributed by atoms with E-state index in [1.54, 1.807) is 12.1 Å². The van der Waals surface area contributed by atoms with Crippen LogP contribution in [0.2, 0.25) is 0 Å². The van der Waals surface area contributed by atoms with Gasteiger partial charge in [-0.1, -0.05) is 49.4 Å². The summed E-state index contributed by atoms with van der Waals surface area (Å²) < 4.78 is 13.6. The van der Waals surface area contributed by atoms with Gasteiger partial charge in [-0.05, 0) is 98.8 Å². The van der Waals surface area contributed by atoms with Gasteiger partial charge in [-0.2, -0.15) is 0 Å². The van der Waals surface area contributed by atoms with Crippen LogP contribution in [0, 0.1) is 11.7 Å². The lowest BCUT2D eigenvalue weighted by Crippen LogP contribution is -2.30. The van der Waals surface area contributed by atoms with Gasteiger partial charge in [-0.25, -0.2) is 4.39 Å². The van der Waals surface area contributed by atoms with Gasteiger partial charge in [0.05, 0.1) is 11.6 Å². The van der Waals surface area contributed by atoms with Gasteiger partial charge in [-0.3, -0.25) is 14.6 Å². The molecule has 0 bridgehead atoms. The van der Waals surface area contributed by atoms with Gasteiger partial charge in [0.1, 0.15) is 11.6 Å². The summed E-state index contributed by atoms with van der Waals surface area (Å²) in [6.07, 6.45) is 5.09. The van der Waals surface area contributed by atoms with Crippen molar-refractivity contribution in [2.75, 3.05) is 26.2 Å². The molecule has 2 atom stereocenters. The fraction of sp³-hybridized carbons (Fsp3) is 0.382. The van der Waals surface area contributed by atoms with Gasteiger partial charge >= 0.3 is 0 Å². The molecule has 3 aromatic carbocycles. The molecule has 1 N–H and O–H groups in total. The molecular weight excluding hydrogens is 501 g/mol. The molecule has 1 saturated heterocycles. The molecule has 2 heterocycles. The Morgan fingerprint density at radius 3 is 2.45 bits per heavy atom. The van der Waals surface area contributed by atoms with Gasteiger partial charge < -0.3 is 10.2 Å². The Balaban J connectivity index is 1.43. The molecule has 5 nitrogen and oxygen atoms in total. The van der Waals surface area contributed by atoms with Crippen molar-refractivity contribution < 1.29 is 14.0 Å². The smallest absolute Gasteiger partial charge is 0.251 e. The number of likely N-dealkylation sites (tertiary alicyclic amines) is 1. The SMILES string of the molecule is CCC1C(=O)C(Cc2ccc(F)cc2)c2cc(C(=O)NCCCN3CCCC3)ccc2N=C1Cc1ccccc1. The molecule has 0 radical (unpaired) electrons. The fourth-order valence-electron chi connectivity index (χ4n) is 5.95. The molecule has 0 saturated carbocycles. The van der Waals surface area contributed by atoms with Gasteiger partial charge in [0.25, 0.3) is 5.91 Å². The summed E-state index contributed by atoms with van der Waals surface area (Å²) in [5.41, 5.74) is 4.86. The van der Waals surface area contributed by atoms with Gasteiger partial charge in [0.15, 0.2) is 0 Å². The summed E-state index contributed by atoms with van der Waals surface area (Å²) in [7, 11) is 0. The first-order valence-corrected chi connectivity index (χ1v) is 14.6. The average molecular weight is 540 g/mol. The molecule has 5 rings (SSSR count). The number of carbonyl (C=O) groups is 2. The summed E-state index contributed by atoms with van der Waals surface area (Å²) in [6, 6.07) is 21.9. The van der Waals surface area contributed by atoms with Crippen molar-refractivity contribution in [2.24, 2.45) is 10.9 Å². The highest BCUT2D eigenvalue weighted by Gasteiger charge is 2.35. The van der Waals surface area contributed by atoms with Crippen LogP contribution in [-0.4, -0.2) is 48.5 Å². The fourth-order valence-corrected chi connectivity index (χ4v) is 5.95. The molecule has 0 spiro atoms. The van der Waals surface area contributed by atoms with E-state index in [4.69, 9.17) is 4.99 Å². The predicted molar refractivity (Wildman–Crippen MR) is 158 cm³/mol. The predicted octanol–water partition coefficient (Wildman–Crippen LogP) is 6.29. The quantitative estimate of drug-likeness (QED) is 0.308. The first-order chi connectivity index (χ1) is 19.5. The maximum absolute atomic E-state index is 14.2. The summed E-state index contributed by atoms with van der Waals surface area (Å²) >= 11 is 0. The molecule has 2 unspecified atom stereocenters. The lowest BCUT2D eigenvalue weighted by Gasteiger charge is -2.21. The number of benzene rings is 3. The molecular formula is C34H38FN3O2. The first-order valence-electron chi connectivity index (χ1n) is 14.6. The van der Waals surface area contributed by atoms with E-state index in [0.29, 0.717) is 31.4 Å². The van der Waals surface area contributed by atoms with E-state index in [9.17, 15) is 14.0 Å². The highest BCUT2D eigenvalue weighted by Crippen LogP contribution is 2.38. The third-order valence-electron chi connectivity index (χ3n) is 8.14. The molecule has 1 fully saturated rings. The van der Waals surface area contributed by atoms with E-state index < -0.39 is 5.92 Å².